The minimum atomic E-state index is -0.418. The first kappa shape index (κ1) is 15.8. The summed E-state index contributed by atoms with van der Waals surface area (Å²) in [5, 5.41) is 7.24. The Hall–Kier alpha value is -1.11. The summed E-state index contributed by atoms with van der Waals surface area (Å²) < 4.78 is 0. The second kappa shape index (κ2) is 6.98. The molecule has 6 heteroatoms. The molecule has 0 bridgehead atoms. The van der Waals surface area contributed by atoms with Crippen molar-refractivity contribution in [1.29, 1.82) is 0 Å². The number of nitrogens with one attached hydrogen (secondary N) is 2. The number of aliphatic imine (C=N–C) groups is 1. The van der Waals surface area contributed by atoms with Crippen molar-refractivity contribution in [3.05, 3.63) is 11.9 Å². The maximum atomic E-state index is 4.93. The van der Waals surface area contributed by atoms with Crippen LogP contribution in [0.5, 0.6) is 0 Å². The van der Waals surface area contributed by atoms with Gasteiger partial charge in [-0.3, -0.25) is 0 Å². The highest BCUT2D eigenvalue weighted by molar-refractivity contribution is 5.73. The fourth-order valence-corrected chi connectivity index (χ4v) is 3.76. The lowest BCUT2D eigenvalue weighted by Gasteiger charge is -2.51. The van der Waals surface area contributed by atoms with Gasteiger partial charge in [0.15, 0.2) is 0 Å². The second-order valence-electron chi connectivity index (χ2n) is 6.19. The molecule has 0 aromatic heterocycles. The number of hydrogen-bond acceptors (Lipinski definition) is 6. The van der Waals surface area contributed by atoms with Crippen molar-refractivity contribution < 1.29 is 0 Å². The summed E-state index contributed by atoms with van der Waals surface area (Å²) in [4.78, 5) is 12.3. The zero-order valence-electron chi connectivity index (χ0n) is 14.0. The average Bonchev–Trinajstić information content (AvgIpc) is 3.11. The molecule has 0 aromatic rings. The molecule has 3 aliphatic heterocycles. The Labute approximate surface area is 134 Å². The molecule has 0 saturated carbocycles. The first-order valence-electron chi connectivity index (χ1n) is 8.79. The van der Waals surface area contributed by atoms with E-state index < -0.39 is 5.91 Å². The Morgan fingerprint density at radius 2 is 1.82 bits per heavy atom. The van der Waals surface area contributed by atoms with Gasteiger partial charge in [-0.2, -0.15) is 0 Å². The third-order valence-corrected chi connectivity index (χ3v) is 4.99. The predicted octanol–water partition coefficient (Wildman–Crippen LogP) is 0.456. The molecule has 22 heavy (non-hydrogen) atoms. The van der Waals surface area contributed by atoms with Gasteiger partial charge < -0.3 is 15.5 Å². The van der Waals surface area contributed by atoms with Gasteiger partial charge in [-0.1, -0.05) is 13.8 Å². The number of hydrogen-bond donors (Lipinski definition) is 2. The van der Waals surface area contributed by atoms with Crippen molar-refractivity contribution in [3.8, 4) is 0 Å². The van der Waals surface area contributed by atoms with E-state index in [1.54, 1.807) is 0 Å². The summed E-state index contributed by atoms with van der Waals surface area (Å²) in [5.74, 6) is 0.816. The summed E-state index contributed by atoms with van der Waals surface area (Å²) in [6.45, 7) is 12.8. The maximum Gasteiger partial charge on any atom is 0.250 e. The molecular formula is C16H30N6. The fourth-order valence-electron chi connectivity index (χ4n) is 3.76. The van der Waals surface area contributed by atoms with E-state index in [0.29, 0.717) is 0 Å². The zero-order chi connectivity index (χ0) is 15.4. The normalized spacial score (nSPS) is 29.8. The van der Waals surface area contributed by atoms with E-state index in [4.69, 9.17) is 4.99 Å². The minimum Gasteiger partial charge on any atom is -0.358 e. The first-order chi connectivity index (χ1) is 10.8. The van der Waals surface area contributed by atoms with E-state index in [9.17, 15) is 0 Å². The van der Waals surface area contributed by atoms with Crippen LogP contribution < -0.4 is 10.6 Å². The van der Waals surface area contributed by atoms with Gasteiger partial charge in [-0.05, 0) is 18.9 Å². The van der Waals surface area contributed by atoms with Crippen LogP contribution in [0.2, 0.25) is 0 Å². The minimum absolute atomic E-state index is 0.418. The molecule has 0 spiro atoms. The summed E-state index contributed by atoms with van der Waals surface area (Å²) >= 11 is 0. The molecule has 0 radical (unpaired) electrons. The number of allylic oxidation sites excluding steroid dienone is 1. The van der Waals surface area contributed by atoms with Gasteiger partial charge >= 0.3 is 0 Å². The smallest absolute Gasteiger partial charge is 0.250 e. The van der Waals surface area contributed by atoms with Gasteiger partial charge in [-0.15, -0.1) is 0 Å². The lowest BCUT2D eigenvalue weighted by Crippen LogP contribution is -2.71. The van der Waals surface area contributed by atoms with Crippen LogP contribution in [0.3, 0.4) is 0 Å². The van der Waals surface area contributed by atoms with Crippen LogP contribution in [0.1, 0.15) is 26.7 Å². The van der Waals surface area contributed by atoms with Crippen molar-refractivity contribution in [2.24, 2.45) is 4.99 Å². The summed E-state index contributed by atoms with van der Waals surface area (Å²) in [6, 6.07) is 0. The standard InChI is InChI=1S/C16H30N6/c1-3-21(4-2)16(22-13-9-17-10-14-22)18-8-7-15(19-16)20-11-5-6-12-20/h7-8,17,19H,3-6,9-14H2,1-2H3. The predicted molar refractivity (Wildman–Crippen MR) is 90.6 cm³/mol. The van der Waals surface area contributed by atoms with Crippen LogP contribution in [-0.2, 0) is 0 Å². The molecule has 2 saturated heterocycles. The monoisotopic (exact) mass is 306 g/mol. The van der Waals surface area contributed by atoms with E-state index >= 15 is 0 Å². The lowest BCUT2D eigenvalue weighted by molar-refractivity contribution is -0.0788. The van der Waals surface area contributed by atoms with Crippen molar-refractivity contribution in [2.75, 3.05) is 52.4 Å². The van der Waals surface area contributed by atoms with Crippen molar-refractivity contribution in [3.63, 3.8) is 0 Å². The highest BCUT2D eigenvalue weighted by atomic mass is 15.6. The lowest BCUT2D eigenvalue weighted by atomic mass is 10.2. The van der Waals surface area contributed by atoms with Crippen LogP contribution in [0.25, 0.3) is 0 Å². The molecule has 2 N–H and O–H groups in total. The molecule has 3 heterocycles. The number of likely N-dealkylation sites (tertiary alicyclic amines) is 1. The second-order valence-corrected chi connectivity index (χ2v) is 6.19. The quantitative estimate of drug-likeness (QED) is 0.772. The topological polar surface area (TPSA) is 46.1 Å². The molecule has 2 fully saturated rings. The van der Waals surface area contributed by atoms with Gasteiger partial charge in [0.05, 0.1) is 0 Å². The van der Waals surface area contributed by atoms with Gasteiger partial charge in [0, 0.05) is 58.6 Å². The van der Waals surface area contributed by atoms with E-state index in [0.717, 1.165) is 52.4 Å². The number of piperazine rings is 1. The molecule has 3 rings (SSSR count). The third-order valence-electron chi connectivity index (χ3n) is 4.99. The summed E-state index contributed by atoms with van der Waals surface area (Å²) in [6.07, 6.45) is 6.73. The Morgan fingerprint density at radius 1 is 1.14 bits per heavy atom. The Bertz CT molecular complexity index is 418. The van der Waals surface area contributed by atoms with E-state index in [2.05, 4.69) is 45.3 Å². The van der Waals surface area contributed by atoms with Crippen LogP contribution in [0.15, 0.2) is 16.9 Å². The zero-order valence-corrected chi connectivity index (χ0v) is 14.0. The van der Waals surface area contributed by atoms with Crippen LogP contribution in [0, 0.1) is 0 Å². The SMILES string of the molecule is CCN(CC)C1(N2CCNCC2)N=CC=C(N2CCCC2)N1. The average molecular weight is 306 g/mol. The summed E-state index contributed by atoms with van der Waals surface area (Å²) in [7, 11) is 0. The van der Waals surface area contributed by atoms with Crippen molar-refractivity contribution in [1.82, 2.24) is 25.3 Å². The molecule has 124 valence electrons. The Balaban J connectivity index is 1.85. The number of rotatable bonds is 5. The van der Waals surface area contributed by atoms with Crippen LogP contribution >= 0.6 is 0 Å². The Morgan fingerprint density at radius 3 is 2.45 bits per heavy atom. The molecule has 3 aliphatic rings. The van der Waals surface area contributed by atoms with Crippen molar-refractivity contribution >= 4 is 6.21 Å². The molecule has 0 aromatic carbocycles. The van der Waals surface area contributed by atoms with Crippen LogP contribution in [0.4, 0.5) is 0 Å². The van der Waals surface area contributed by atoms with E-state index in [1.807, 2.05) is 6.21 Å². The Kier molecular flexibility index (Phi) is 5.00. The van der Waals surface area contributed by atoms with E-state index in [-0.39, 0.29) is 0 Å². The van der Waals surface area contributed by atoms with Gasteiger partial charge in [0.2, 0.25) is 0 Å². The van der Waals surface area contributed by atoms with Gasteiger partial charge in [0.1, 0.15) is 5.82 Å². The molecule has 6 nitrogen and oxygen atoms in total. The van der Waals surface area contributed by atoms with Crippen molar-refractivity contribution in [2.45, 2.75) is 32.6 Å². The molecule has 1 unspecified atom stereocenters. The molecular weight excluding hydrogens is 276 g/mol. The van der Waals surface area contributed by atoms with Crippen LogP contribution in [-0.4, -0.2) is 79.2 Å². The van der Waals surface area contributed by atoms with E-state index in [1.165, 1.54) is 18.7 Å². The maximum absolute atomic E-state index is 4.93. The highest BCUT2D eigenvalue weighted by Crippen LogP contribution is 2.26. The summed E-state index contributed by atoms with van der Waals surface area (Å²) in [5.41, 5.74) is 0. The highest BCUT2D eigenvalue weighted by Gasteiger charge is 2.43. The molecule has 1 atom stereocenters. The largest absolute Gasteiger partial charge is 0.358 e. The molecule has 0 aliphatic carbocycles. The third kappa shape index (κ3) is 2.87. The number of nitrogens with zero attached hydrogens (tertiary/aromatic N) is 4. The van der Waals surface area contributed by atoms with Gasteiger partial charge in [-0.25, -0.2) is 14.8 Å². The molecule has 0 amide bonds. The first-order valence-corrected chi connectivity index (χ1v) is 8.79. The fraction of sp³-hybridized carbons (Fsp3) is 0.812. The van der Waals surface area contributed by atoms with Gasteiger partial charge in [0.25, 0.3) is 5.91 Å².